The van der Waals surface area contributed by atoms with Crippen LogP contribution < -0.4 is 0 Å². The van der Waals surface area contributed by atoms with Gasteiger partial charge in [-0.3, -0.25) is 4.98 Å². The van der Waals surface area contributed by atoms with Crippen molar-refractivity contribution in [2.75, 3.05) is 0 Å². The molecule has 104 valence electrons. The highest BCUT2D eigenvalue weighted by Crippen LogP contribution is 2.33. The molecular weight excluding hydrogens is 272 g/mol. The minimum Gasteiger partial charge on any atom is -0.250 e. The molecule has 0 spiro atoms. The van der Waals surface area contributed by atoms with Gasteiger partial charge in [0, 0.05) is 23.5 Å². The molecule has 22 heavy (non-hydrogen) atoms. The minimum atomic E-state index is 0.557. The second-order valence-electron chi connectivity index (χ2n) is 4.88. The largest absolute Gasteiger partial charge is 0.250 e. The molecule has 0 aliphatic carbocycles. The van der Waals surface area contributed by atoms with E-state index in [4.69, 9.17) is 0 Å². The molecule has 0 fully saturated rings. The molecule has 0 aliphatic rings. The predicted octanol–water partition coefficient (Wildman–Crippen LogP) is 3.75. The molecule has 0 atom stereocenters. The number of hydrogen-bond donors (Lipinski definition) is 0. The number of aromatic nitrogens is 4. The zero-order chi connectivity index (χ0) is 14.8. The normalized spacial score (nSPS) is 10.7. The summed E-state index contributed by atoms with van der Waals surface area (Å²) in [6, 6.07) is 20.1. The summed E-state index contributed by atoms with van der Waals surface area (Å²) in [6.45, 7) is 0. The Morgan fingerprint density at radius 1 is 0.591 bits per heavy atom. The molecular formula is C18H12N4. The van der Waals surface area contributed by atoms with Crippen molar-refractivity contribution in [3.8, 4) is 22.4 Å². The molecule has 0 unspecified atom stereocenters. The van der Waals surface area contributed by atoms with Gasteiger partial charge < -0.3 is 0 Å². The van der Waals surface area contributed by atoms with Gasteiger partial charge in [0.1, 0.15) is 11.2 Å². The molecule has 4 rings (SSSR count). The molecule has 2 aromatic heterocycles. The number of fused-ring (bicyclic) bond motifs is 1. The minimum absolute atomic E-state index is 0.557. The van der Waals surface area contributed by atoms with Crippen LogP contribution in [0.5, 0.6) is 0 Å². The predicted molar refractivity (Wildman–Crippen MR) is 86.0 cm³/mol. The van der Waals surface area contributed by atoms with Crippen molar-refractivity contribution in [1.29, 1.82) is 0 Å². The summed E-state index contributed by atoms with van der Waals surface area (Å²) in [5, 5.41) is 8.62. The summed E-state index contributed by atoms with van der Waals surface area (Å²) in [4.78, 5) is 8.74. The van der Waals surface area contributed by atoms with Crippen LogP contribution in [0.15, 0.2) is 73.1 Å². The number of hydrogen-bond acceptors (Lipinski definition) is 4. The van der Waals surface area contributed by atoms with Gasteiger partial charge >= 0.3 is 0 Å². The molecule has 0 saturated carbocycles. The molecule has 0 radical (unpaired) electrons. The van der Waals surface area contributed by atoms with Crippen LogP contribution in [-0.4, -0.2) is 20.2 Å². The fraction of sp³-hybridized carbons (Fsp3) is 0. The molecule has 0 N–H and O–H groups in total. The smallest absolute Gasteiger partial charge is 0.201 e. The monoisotopic (exact) mass is 284 g/mol. The highest BCUT2D eigenvalue weighted by Gasteiger charge is 2.15. The van der Waals surface area contributed by atoms with Crippen LogP contribution in [0, 0.1) is 0 Å². The average Bonchev–Trinajstić information content (AvgIpc) is 2.62. The van der Waals surface area contributed by atoms with Crippen LogP contribution in [-0.2, 0) is 0 Å². The van der Waals surface area contributed by atoms with Gasteiger partial charge in [0.05, 0.1) is 0 Å². The van der Waals surface area contributed by atoms with Crippen LogP contribution in [0.2, 0.25) is 0 Å². The summed E-state index contributed by atoms with van der Waals surface area (Å²) in [7, 11) is 0. The molecule has 4 nitrogen and oxygen atoms in total. The average molecular weight is 284 g/mol. The Labute approximate surface area is 127 Å². The van der Waals surface area contributed by atoms with E-state index in [1.165, 1.54) is 0 Å². The van der Waals surface area contributed by atoms with Gasteiger partial charge in [0.25, 0.3) is 0 Å². The van der Waals surface area contributed by atoms with E-state index in [9.17, 15) is 0 Å². The van der Waals surface area contributed by atoms with E-state index in [2.05, 4.69) is 32.3 Å². The highest BCUT2D eigenvalue weighted by atomic mass is 15.1. The standard InChI is InChI=1S/C18H12N4/c1-3-7-13(8-4-1)15-16(14-9-5-2-6-10-14)21-22-18-17(15)19-11-12-20-18/h1-12H. The van der Waals surface area contributed by atoms with Gasteiger partial charge in [0.15, 0.2) is 0 Å². The van der Waals surface area contributed by atoms with Crippen LogP contribution in [0.25, 0.3) is 33.5 Å². The molecule has 4 heteroatoms. The topological polar surface area (TPSA) is 51.6 Å². The Bertz CT molecular complexity index is 921. The van der Waals surface area contributed by atoms with Crippen molar-refractivity contribution in [1.82, 2.24) is 20.2 Å². The lowest BCUT2D eigenvalue weighted by molar-refractivity contribution is 1.05. The Morgan fingerprint density at radius 2 is 1.23 bits per heavy atom. The van der Waals surface area contributed by atoms with Crippen LogP contribution in [0.4, 0.5) is 0 Å². The van der Waals surface area contributed by atoms with Crippen molar-refractivity contribution in [3.05, 3.63) is 73.1 Å². The Kier molecular flexibility index (Phi) is 3.05. The fourth-order valence-corrected chi connectivity index (χ4v) is 2.52. The lowest BCUT2D eigenvalue weighted by Gasteiger charge is -2.10. The number of benzene rings is 2. The molecule has 2 heterocycles. The molecule has 2 aromatic carbocycles. The SMILES string of the molecule is c1ccc(-c2nnc3nccnc3c2-c2ccccc2)cc1. The van der Waals surface area contributed by atoms with Gasteiger partial charge in [-0.15, -0.1) is 10.2 Å². The Hall–Kier alpha value is -3.14. The van der Waals surface area contributed by atoms with Crippen LogP contribution >= 0.6 is 0 Å². The van der Waals surface area contributed by atoms with Crippen molar-refractivity contribution in [2.45, 2.75) is 0 Å². The van der Waals surface area contributed by atoms with Gasteiger partial charge in [0.2, 0.25) is 5.65 Å². The van der Waals surface area contributed by atoms with Crippen LogP contribution in [0.1, 0.15) is 0 Å². The summed E-state index contributed by atoms with van der Waals surface area (Å²) >= 11 is 0. The first kappa shape index (κ1) is 12.6. The first-order valence-electron chi connectivity index (χ1n) is 7.02. The van der Waals surface area contributed by atoms with Gasteiger partial charge in [-0.1, -0.05) is 60.7 Å². The summed E-state index contributed by atoms with van der Waals surface area (Å²) in [5.74, 6) is 0. The van der Waals surface area contributed by atoms with E-state index in [0.29, 0.717) is 5.65 Å². The maximum atomic E-state index is 4.48. The van der Waals surface area contributed by atoms with Crippen molar-refractivity contribution >= 4 is 11.2 Å². The van der Waals surface area contributed by atoms with E-state index in [1.807, 2.05) is 48.5 Å². The maximum absolute atomic E-state index is 4.48. The van der Waals surface area contributed by atoms with Crippen molar-refractivity contribution in [3.63, 3.8) is 0 Å². The molecule has 4 aromatic rings. The highest BCUT2D eigenvalue weighted by molar-refractivity contribution is 5.96. The Balaban J connectivity index is 2.09. The number of nitrogens with zero attached hydrogens (tertiary/aromatic N) is 4. The first-order chi connectivity index (χ1) is 10.9. The quantitative estimate of drug-likeness (QED) is 0.562. The molecule has 0 bridgehead atoms. The molecule has 0 saturated heterocycles. The lowest BCUT2D eigenvalue weighted by Crippen LogP contribution is -1.98. The molecule has 0 amide bonds. The van der Waals surface area contributed by atoms with E-state index < -0.39 is 0 Å². The van der Waals surface area contributed by atoms with Crippen molar-refractivity contribution < 1.29 is 0 Å². The lowest BCUT2D eigenvalue weighted by atomic mass is 9.99. The summed E-state index contributed by atoms with van der Waals surface area (Å²) in [6.07, 6.45) is 3.32. The molecule has 0 aliphatic heterocycles. The zero-order valence-corrected chi connectivity index (χ0v) is 11.7. The summed E-state index contributed by atoms with van der Waals surface area (Å²) < 4.78 is 0. The van der Waals surface area contributed by atoms with E-state index in [0.717, 1.165) is 27.9 Å². The number of rotatable bonds is 2. The van der Waals surface area contributed by atoms with Gasteiger partial charge in [-0.05, 0) is 5.56 Å². The third kappa shape index (κ3) is 2.11. The third-order valence-corrected chi connectivity index (χ3v) is 3.51. The second-order valence-corrected chi connectivity index (χ2v) is 4.88. The van der Waals surface area contributed by atoms with E-state index >= 15 is 0 Å². The second kappa shape index (κ2) is 5.33. The zero-order valence-electron chi connectivity index (χ0n) is 11.7. The van der Waals surface area contributed by atoms with Crippen LogP contribution in [0.3, 0.4) is 0 Å². The summed E-state index contributed by atoms with van der Waals surface area (Å²) in [5.41, 5.74) is 5.18. The van der Waals surface area contributed by atoms with Gasteiger partial charge in [-0.2, -0.15) is 0 Å². The van der Waals surface area contributed by atoms with E-state index in [1.54, 1.807) is 12.4 Å². The van der Waals surface area contributed by atoms with Gasteiger partial charge in [-0.25, -0.2) is 4.98 Å². The first-order valence-corrected chi connectivity index (χ1v) is 7.02. The third-order valence-electron chi connectivity index (χ3n) is 3.51. The Morgan fingerprint density at radius 3 is 1.95 bits per heavy atom. The van der Waals surface area contributed by atoms with E-state index in [-0.39, 0.29) is 0 Å². The van der Waals surface area contributed by atoms with Crippen molar-refractivity contribution in [2.24, 2.45) is 0 Å². The fourth-order valence-electron chi connectivity index (χ4n) is 2.52. The maximum Gasteiger partial charge on any atom is 0.201 e.